The maximum Gasteiger partial charge on any atom is 0.0640 e. The third kappa shape index (κ3) is 4.96. The molecule has 44 valence electrons. The molecule has 3 heteroatoms. The van der Waals surface area contributed by atoms with Gasteiger partial charge >= 0.3 is 0 Å². The molecule has 0 saturated carbocycles. The first-order valence-electron chi connectivity index (χ1n) is 2.49. The predicted molar refractivity (Wildman–Crippen MR) is 32.4 cm³/mol. The molecule has 0 amide bonds. The number of rotatable bonds is 3. The summed E-state index contributed by atoms with van der Waals surface area (Å²) < 4.78 is 0. The molecule has 0 aliphatic rings. The van der Waals surface area contributed by atoms with Crippen LogP contribution in [-0.4, -0.2) is 12.8 Å². The molecule has 0 atom stereocenters. The third-order valence-corrected chi connectivity index (χ3v) is 0.569. The Morgan fingerprint density at radius 2 is 2.62 bits per heavy atom. The van der Waals surface area contributed by atoms with E-state index in [4.69, 9.17) is 5.26 Å². The average molecular weight is 111 g/mol. The van der Waals surface area contributed by atoms with Gasteiger partial charge in [-0.05, 0) is 6.92 Å². The highest BCUT2D eigenvalue weighted by Gasteiger charge is 1.75. The van der Waals surface area contributed by atoms with Gasteiger partial charge in [0, 0.05) is 12.8 Å². The van der Waals surface area contributed by atoms with E-state index in [1.807, 2.05) is 13.0 Å². The molecule has 0 unspecified atom stereocenters. The molecule has 0 saturated heterocycles. The summed E-state index contributed by atoms with van der Waals surface area (Å²) in [5, 5.41) is 11.7. The van der Waals surface area contributed by atoms with E-state index >= 15 is 0 Å². The van der Waals surface area contributed by atoms with Crippen LogP contribution < -0.4 is 5.43 Å². The lowest BCUT2D eigenvalue weighted by atomic mass is 10.5. The highest BCUT2D eigenvalue weighted by atomic mass is 15.3. The molecule has 1 N–H and O–H groups in total. The molecule has 3 nitrogen and oxygen atoms in total. The monoisotopic (exact) mass is 111 g/mol. The Hall–Kier alpha value is -1.04. The van der Waals surface area contributed by atoms with Gasteiger partial charge in [0.05, 0.1) is 12.5 Å². The summed E-state index contributed by atoms with van der Waals surface area (Å²) in [5.41, 5.74) is 2.68. The van der Waals surface area contributed by atoms with Crippen molar-refractivity contribution in [2.45, 2.75) is 13.3 Å². The molecule has 0 aliphatic carbocycles. The average Bonchev–Trinajstić information content (AvgIpc) is 1.81. The number of nitrogens with zero attached hydrogens (tertiary/aromatic N) is 2. The molecule has 0 bridgehead atoms. The molecule has 8 heavy (non-hydrogen) atoms. The highest BCUT2D eigenvalue weighted by Crippen LogP contribution is 1.67. The van der Waals surface area contributed by atoms with Crippen molar-refractivity contribution in [2.24, 2.45) is 5.10 Å². The summed E-state index contributed by atoms with van der Waals surface area (Å²) in [5.74, 6) is 0. The van der Waals surface area contributed by atoms with Crippen LogP contribution in [0.5, 0.6) is 0 Å². The van der Waals surface area contributed by atoms with Crippen LogP contribution in [0.15, 0.2) is 5.10 Å². The molecule has 0 aromatic rings. The standard InChI is InChI=1S/C5H9N3/c1-2-7-8-5-3-4-6/h2,8H,3,5H2,1H3/b7-2+. The first kappa shape index (κ1) is 6.96. The molecular formula is C5H9N3. The quantitative estimate of drug-likeness (QED) is 0.327. The SMILES string of the molecule is C/C=N/NCCC#N. The number of hydrogen-bond donors (Lipinski definition) is 1. The van der Waals surface area contributed by atoms with E-state index in [1.165, 1.54) is 0 Å². The van der Waals surface area contributed by atoms with Crippen LogP contribution in [0.2, 0.25) is 0 Å². The second kappa shape index (κ2) is 5.96. The van der Waals surface area contributed by atoms with Crippen LogP contribution in [-0.2, 0) is 0 Å². The van der Waals surface area contributed by atoms with Crippen LogP contribution in [0, 0.1) is 11.3 Å². The maximum absolute atomic E-state index is 8.02. The normalized spacial score (nSPS) is 9.00. The maximum atomic E-state index is 8.02. The Bertz CT molecular complexity index is 101. The molecule has 0 aromatic carbocycles. The molecule has 0 spiro atoms. The summed E-state index contributed by atoms with van der Waals surface area (Å²) in [6.45, 7) is 2.46. The van der Waals surface area contributed by atoms with Gasteiger partial charge in [0.25, 0.3) is 0 Å². The van der Waals surface area contributed by atoms with Crippen molar-refractivity contribution in [3.05, 3.63) is 0 Å². The molecular weight excluding hydrogens is 102 g/mol. The third-order valence-electron chi connectivity index (χ3n) is 0.569. The number of nitrogens with one attached hydrogen (secondary N) is 1. The largest absolute Gasteiger partial charge is 0.309 e. The van der Waals surface area contributed by atoms with Gasteiger partial charge in [-0.1, -0.05) is 0 Å². The minimum absolute atomic E-state index is 0.511. The minimum Gasteiger partial charge on any atom is -0.309 e. The van der Waals surface area contributed by atoms with Gasteiger partial charge in [0.2, 0.25) is 0 Å². The fourth-order valence-electron chi connectivity index (χ4n) is 0.268. The molecule has 0 aromatic heterocycles. The second-order valence-corrected chi connectivity index (χ2v) is 1.20. The van der Waals surface area contributed by atoms with Crippen molar-refractivity contribution in [3.63, 3.8) is 0 Å². The Morgan fingerprint density at radius 1 is 1.88 bits per heavy atom. The van der Waals surface area contributed by atoms with Crippen molar-refractivity contribution in [1.82, 2.24) is 5.43 Å². The Kier molecular flexibility index (Phi) is 5.19. The summed E-state index contributed by atoms with van der Waals surface area (Å²) in [4.78, 5) is 0. The van der Waals surface area contributed by atoms with E-state index in [-0.39, 0.29) is 0 Å². The van der Waals surface area contributed by atoms with Crippen molar-refractivity contribution in [1.29, 1.82) is 5.26 Å². The van der Waals surface area contributed by atoms with Crippen LogP contribution in [0.1, 0.15) is 13.3 Å². The first-order valence-corrected chi connectivity index (χ1v) is 2.49. The van der Waals surface area contributed by atoms with Crippen molar-refractivity contribution >= 4 is 6.21 Å². The Morgan fingerprint density at radius 3 is 3.12 bits per heavy atom. The lowest BCUT2D eigenvalue weighted by Gasteiger charge is -1.89. The summed E-state index contributed by atoms with van der Waals surface area (Å²) in [7, 11) is 0. The second-order valence-electron chi connectivity index (χ2n) is 1.20. The van der Waals surface area contributed by atoms with Gasteiger partial charge < -0.3 is 5.43 Å². The minimum atomic E-state index is 0.511. The van der Waals surface area contributed by atoms with Gasteiger partial charge in [0.1, 0.15) is 0 Å². The van der Waals surface area contributed by atoms with Gasteiger partial charge in [0.15, 0.2) is 0 Å². The van der Waals surface area contributed by atoms with Crippen LogP contribution in [0.3, 0.4) is 0 Å². The molecule has 0 heterocycles. The van der Waals surface area contributed by atoms with E-state index < -0.39 is 0 Å². The van der Waals surface area contributed by atoms with Crippen molar-refractivity contribution in [3.8, 4) is 6.07 Å². The molecule has 0 fully saturated rings. The lowest BCUT2D eigenvalue weighted by molar-refractivity contribution is 0.750. The Labute approximate surface area is 49.0 Å². The van der Waals surface area contributed by atoms with E-state index in [0.717, 1.165) is 0 Å². The van der Waals surface area contributed by atoms with Crippen molar-refractivity contribution in [2.75, 3.05) is 6.54 Å². The van der Waals surface area contributed by atoms with Crippen LogP contribution >= 0.6 is 0 Å². The number of hydrogen-bond acceptors (Lipinski definition) is 3. The fraction of sp³-hybridized carbons (Fsp3) is 0.600. The fourth-order valence-corrected chi connectivity index (χ4v) is 0.268. The molecule has 0 aliphatic heterocycles. The van der Waals surface area contributed by atoms with Crippen LogP contribution in [0.4, 0.5) is 0 Å². The first-order chi connectivity index (χ1) is 3.91. The highest BCUT2D eigenvalue weighted by molar-refractivity contribution is 5.52. The number of hydrazone groups is 1. The van der Waals surface area contributed by atoms with Gasteiger partial charge in [-0.25, -0.2) is 0 Å². The van der Waals surface area contributed by atoms with Gasteiger partial charge in [-0.15, -0.1) is 0 Å². The molecule has 0 radical (unpaired) electrons. The summed E-state index contributed by atoms with van der Waals surface area (Å²) in [6.07, 6.45) is 2.16. The predicted octanol–water partition coefficient (Wildman–Crippen LogP) is 0.495. The van der Waals surface area contributed by atoms with E-state index in [2.05, 4.69) is 10.5 Å². The van der Waals surface area contributed by atoms with Crippen molar-refractivity contribution < 1.29 is 0 Å². The smallest absolute Gasteiger partial charge is 0.0640 e. The number of nitriles is 1. The lowest BCUT2D eigenvalue weighted by Crippen LogP contribution is -2.05. The Balaban J connectivity index is 2.85. The summed E-state index contributed by atoms with van der Waals surface area (Å²) in [6, 6.07) is 1.99. The summed E-state index contributed by atoms with van der Waals surface area (Å²) >= 11 is 0. The van der Waals surface area contributed by atoms with E-state index in [9.17, 15) is 0 Å². The zero-order valence-electron chi connectivity index (χ0n) is 4.89. The van der Waals surface area contributed by atoms with E-state index in [1.54, 1.807) is 6.21 Å². The van der Waals surface area contributed by atoms with Crippen LogP contribution in [0.25, 0.3) is 0 Å². The zero-order chi connectivity index (χ0) is 6.24. The van der Waals surface area contributed by atoms with E-state index in [0.29, 0.717) is 13.0 Å². The zero-order valence-corrected chi connectivity index (χ0v) is 4.89. The topological polar surface area (TPSA) is 48.2 Å². The molecule has 0 rings (SSSR count). The van der Waals surface area contributed by atoms with Gasteiger partial charge in [-0.2, -0.15) is 10.4 Å². The van der Waals surface area contributed by atoms with Gasteiger partial charge in [-0.3, -0.25) is 0 Å².